The van der Waals surface area contributed by atoms with Crippen molar-refractivity contribution in [1.82, 2.24) is 0 Å². The van der Waals surface area contributed by atoms with E-state index in [-0.39, 0.29) is 24.8 Å². The van der Waals surface area contributed by atoms with Crippen LogP contribution >= 0.6 is 0 Å². The topological polar surface area (TPSA) is 0 Å². The molecule has 0 amide bonds. The molecule has 0 atom stereocenters. The van der Waals surface area contributed by atoms with Gasteiger partial charge in [-0.25, -0.2) is 0 Å². The molecule has 0 saturated heterocycles. The molecule has 13 heavy (non-hydrogen) atoms. The summed E-state index contributed by atoms with van der Waals surface area (Å²) in [6.45, 7) is 2.25. The van der Waals surface area contributed by atoms with Crippen LogP contribution in [0.1, 0.15) is 39.0 Å². The van der Waals surface area contributed by atoms with Crippen molar-refractivity contribution in [3.05, 3.63) is 22.0 Å². The average Bonchev–Trinajstić information content (AvgIpc) is 2.03. The SMILES string of the molecule is CCCCCC/C=C/C=[CH]/[Zr+2].[Cl-].[Cl-]. The van der Waals surface area contributed by atoms with Crippen LogP contribution in [0.3, 0.4) is 0 Å². The zero-order valence-corrected chi connectivity index (χ0v) is 12.1. The maximum absolute atomic E-state index is 2.26. The van der Waals surface area contributed by atoms with Crippen LogP contribution in [-0.2, 0) is 24.7 Å². The minimum Gasteiger partial charge on any atom is -1.00 e. The van der Waals surface area contributed by atoms with Gasteiger partial charge in [0.2, 0.25) is 0 Å². The number of hydrogen-bond donors (Lipinski definition) is 0. The van der Waals surface area contributed by atoms with Crippen LogP contribution in [0.2, 0.25) is 0 Å². The Labute approximate surface area is 110 Å². The minimum absolute atomic E-state index is 0. The third-order valence-corrected chi connectivity index (χ3v) is 2.04. The zero-order valence-electron chi connectivity index (χ0n) is 8.10. The van der Waals surface area contributed by atoms with E-state index in [1.165, 1.54) is 56.8 Å². The first-order valence-corrected chi connectivity index (χ1v) is 5.82. The third-order valence-electron chi connectivity index (χ3n) is 1.57. The van der Waals surface area contributed by atoms with Gasteiger partial charge in [0, 0.05) is 0 Å². The second kappa shape index (κ2) is 18.7. The third kappa shape index (κ3) is 19.4. The fraction of sp³-hybridized carbons (Fsp3) is 0.600. The Morgan fingerprint density at radius 3 is 2.23 bits per heavy atom. The molecule has 0 aromatic carbocycles. The van der Waals surface area contributed by atoms with E-state index < -0.39 is 0 Å². The molecule has 0 radical (unpaired) electrons. The number of hydrogen-bond acceptors (Lipinski definition) is 0. The summed E-state index contributed by atoms with van der Waals surface area (Å²) in [6, 6.07) is 0. The smallest absolute Gasteiger partial charge is 1.00 e. The molecule has 0 saturated carbocycles. The van der Waals surface area contributed by atoms with E-state index >= 15 is 0 Å². The molecule has 0 unspecified atom stereocenters. The van der Waals surface area contributed by atoms with Gasteiger partial charge >= 0.3 is 85.8 Å². The van der Waals surface area contributed by atoms with Gasteiger partial charge in [-0.15, -0.1) is 0 Å². The van der Waals surface area contributed by atoms with Gasteiger partial charge in [-0.1, -0.05) is 0 Å². The number of unbranched alkanes of at least 4 members (excludes halogenated alkanes) is 4. The molecule has 0 fully saturated rings. The molecule has 75 valence electrons. The zero-order chi connectivity index (χ0) is 8.36. The maximum atomic E-state index is 2.26. The summed E-state index contributed by atoms with van der Waals surface area (Å²) in [5.41, 5.74) is 0. The maximum Gasteiger partial charge on any atom is -1.00 e. The molecule has 0 aliphatic carbocycles. The van der Waals surface area contributed by atoms with E-state index in [0.717, 1.165) is 0 Å². The van der Waals surface area contributed by atoms with E-state index in [1.807, 2.05) is 0 Å². The molecule has 0 nitrogen and oxygen atoms in total. The fourth-order valence-corrected chi connectivity index (χ4v) is 1.19. The van der Waals surface area contributed by atoms with Crippen LogP contribution in [0.4, 0.5) is 0 Å². The Kier molecular flexibility index (Phi) is 28.0. The Morgan fingerprint density at radius 2 is 1.69 bits per heavy atom. The summed E-state index contributed by atoms with van der Waals surface area (Å²) in [6.07, 6.45) is 13.3. The molecule has 0 aromatic heterocycles. The van der Waals surface area contributed by atoms with E-state index in [4.69, 9.17) is 0 Å². The molecule has 3 heteroatoms. The Morgan fingerprint density at radius 1 is 1.00 bits per heavy atom. The Bertz CT molecular complexity index is 122. The quantitative estimate of drug-likeness (QED) is 0.378. The van der Waals surface area contributed by atoms with Gasteiger partial charge in [-0.3, -0.25) is 0 Å². The Balaban J connectivity index is -0.000000500. The average molecular weight is 299 g/mol. The van der Waals surface area contributed by atoms with Gasteiger partial charge in [0.1, 0.15) is 0 Å². The number of rotatable bonds is 6. The van der Waals surface area contributed by atoms with Crippen LogP contribution in [-0.4, -0.2) is 0 Å². The monoisotopic (exact) mass is 297 g/mol. The molecule has 0 bridgehead atoms. The molecule has 0 aliphatic rings. The summed E-state index contributed by atoms with van der Waals surface area (Å²) in [5, 5.41) is 0. The molecule has 0 spiro atoms. The van der Waals surface area contributed by atoms with E-state index in [1.54, 1.807) is 0 Å². The van der Waals surface area contributed by atoms with E-state index in [0.29, 0.717) is 0 Å². The first-order valence-electron chi connectivity index (χ1n) is 4.40. The van der Waals surface area contributed by atoms with Gasteiger partial charge in [0.15, 0.2) is 0 Å². The predicted molar refractivity (Wildman–Crippen MR) is 47.0 cm³/mol. The normalized spacial score (nSPS) is 10.1. The predicted octanol–water partition coefficient (Wildman–Crippen LogP) is -2.42. The first kappa shape index (κ1) is 19.5. The van der Waals surface area contributed by atoms with Crippen molar-refractivity contribution < 1.29 is 49.5 Å². The molecule has 0 heterocycles. The van der Waals surface area contributed by atoms with Crippen molar-refractivity contribution in [3.8, 4) is 0 Å². The van der Waals surface area contributed by atoms with Gasteiger partial charge in [-0.2, -0.15) is 0 Å². The van der Waals surface area contributed by atoms with Gasteiger partial charge in [0.05, 0.1) is 0 Å². The molecular formula is C10H17Cl2Zr. The molecule has 0 aromatic rings. The van der Waals surface area contributed by atoms with Gasteiger partial charge in [-0.05, 0) is 0 Å². The van der Waals surface area contributed by atoms with E-state index in [2.05, 4.69) is 28.9 Å². The van der Waals surface area contributed by atoms with Gasteiger partial charge < -0.3 is 24.8 Å². The Hall–Kier alpha value is 0.943. The van der Waals surface area contributed by atoms with Crippen molar-refractivity contribution in [2.24, 2.45) is 0 Å². The van der Waals surface area contributed by atoms with Crippen LogP contribution in [0.5, 0.6) is 0 Å². The van der Waals surface area contributed by atoms with Crippen LogP contribution in [0.25, 0.3) is 0 Å². The van der Waals surface area contributed by atoms with Crippen molar-refractivity contribution in [1.29, 1.82) is 0 Å². The van der Waals surface area contributed by atoms with Crippen molar-refractivity contribution in [2.75, 3.05) is 0 Å². The summed E-state index contributed by atoms with van der Waals surface area (Å²) in [4.78, 5) is 0. The summed E-state index contributed by atoms with van der Waals surface area (Å²) < 4.78 is 2.15. The summed E-state index contributed by atoms with van der Waals surface area (Å²) in [5.74, 6) is 0. The first-order chi connectivity index (χ1) is 5.41. The summed E-state index contributed by atoms with van der Waals surface area (Å²) >= 11 is 1.48. The molecule has 0 rings (SSSR count). The van der Waals surface area contributed by atoms with Crippen molar-refractivity contribution in [3.63, 3.8) is 0 Å². The second-order valence-electron chi connectivity index (χ2n) is 2.64. The van der Waals surface area contributed by atoms with E-state index in [9.17, 15) is 0 Å². The van der Waals surface area contributed by atoms with Crippen LogP contribution < -0.4 is 24.8 Å². The standard InChI is InChI=1S/C10H17.2ClH.Zr/c1-3-5-7-9-10-8-6-4-2;;;/h1,3,5,7H,4,6,8-10H2,2H3;2*1H;/q;;;+2/p-2/b3-1?,7-5+;;;. The molecule has 0 aliphatic heterocycles. The van der Waals surface area contributed by atoms with Crippen LogP contribution in [0.15, 0.2) is 22.0 Å². The molecular weight excluding hydrogens is 282 g/mol. The van der Waals surface area contributed by atoms with Crippen molar-refractivity contribution in [2.45, 2.75) is 39.0 Å². The van der Waals surface area contributed by atoms with Crippen LogP contribution in [0, 0.1) is 0 Å². The number of halogens is 2. The largest absolute Gasteiger partial charge is 1.00 e. The van der Waals surface area contributed by atoms with Gasteiger partial charge in [0.25, 0.3) is 0 Å². The fourth-order valence-electron chi connectivity index (χ4n) is 0.919. The summed E-state index contributed by atoms with van der Waals surface area (Å²) in [7, 11) is 0. The number of allylic oxidation sites excluding steroid dienone is 3. The second-order valence-corrected chi connectivity index (χ2v) is 3.46. The molecule has 0 N–H and O–H groups in total. The minimum atomic E-state index is 0. The van der Waals surface area contributed by atoms with Crippen molar-refractivity contribution >= 4 is 0 Å².